The number of carboxylic acids is 1. The van der Waals surface area contributed by atoms with Gasteiger partial charge in [-0.25, -0.2) is 0 Å². The summed E-state index contributed by atoms with van der Waals surface area (Å²) >= 11 is 1.44. The number of hydrogen-bond acceptors (Lipinski definition) is 3. The molecule has 16 heavy (non-hydrogen) atoms. The Labute approximate surface area is 98.5 Å². The number of aryl methyl sites for hydroxylation is 1. The van der Waals surface area contributed by atoms with E-state index in [1.807, 2.05) is 18.4 Å². The second-order valence-corrected chi connectivity index (χ2v) is 4.50. The fraction of sp³-hybridized carbons (Fsp3) is 0.455. The van der Waals surface area contributed by atoms with Gasteiger partial charge in [0.15, 0.2) is 0 Å². The highest BCUT2D eigenvalue weighted by Crippen LogP contribution is 2.27. The van der Waals surface area contributed by atoms with Gasteiger partial charge in [0.05, 0.1) is 0 Å². The van der Waals surface area contributed by atoms with Gasteiger partial charge in [0.2, 0.25) is 5.91 Å². The minimum atomic E-state index is -1.06. The molecule has 0 spiro atoms. The number of amides is 1. The van der Waals surface area contributed by atoms with Crippen molar-refractivity contribution in [3.8, 4) is 0 Å². The molecule has 1 atom stereocenters. The average molecular weight is 241 g/mol. The molecular weight excluding hydrogens is 226 g/mol. The van der Waals surface area contributed by atoms with E-state index in [1.165, 1.54) is 16.2 Å². The fourth-order valence-corrected chi connectivity index (χ4v) is 2.40. The van der Waals surface area contributed by atoms with E-state index >= 15 is 0 Å². The summed E-state index contributed by atoms with van der Waals surface area (Å²) in [5, 5.41) is 11.6. The number of thiophene rings is 1. The van der Waals surface area contributed by atoms with Crippen LogP contribution in [0.1, 0.15) is 18.9 Å². The zero-order chi connectivity index (χ0) is 12.3. The van der Waals surface area contributed by atoms with Gasteiger partial charge in [-0.15, -0.1) is 11.3 Å². The van der Waals surface area contributed by atoms with Gasteiger partial charge in [-0.05, 0) is 30.4 Å². The molecule has 1 heterocycles. The smallest absolute Gasteiger partial charge is 0.316 e. The Balaban J connectivity index is 2.90. The van der Waals surface area contributed by atoms with Crippen LogP contribution in [-0.2, 0) is 9.59 Å². The quantitative estimate of drug-likeness (QED) is 0.821. The second-order valence-electron chi connectivity index (χ2n) is 3.61. The molecule has 1 aromatic heterocycles. The van der Waals surface area contributed by atoms with Crippen LogP contribution < -0.4 is 4.90 Å². The van der Waals surface area contributed by atoms with Crippen molar-refractivity contribution < 1.29 is 14.7 Å². The molecule has 1 aromatic rings. The Morgan fingerprint density at radius 3 is 2.56 bits per heavy atom. The number of carbonyl (C=O) groups excluding carboxylic acids is 1. The highest BCUT2D eigenvalue weighted by Gasteiger charge is 2.28. The van der Waals surface area contributed by atoms with Crippen LogP contribution in [0.2, 0.25) is 0 Å². The molecule has 1 rings (SSSR count). The number of rotatable bonds is 4. The molecule has 0 bridgehead atoms. The van der Waals surface area contributed by atoms with E-state index < -0.39 is 11.9 Å². The number of carboxylic acid groups (broad SMARTS) is 1. The van der Waals surface area contributed by atoms with E-state index in [-0.39, 0.29) is 5.91 Å². The molecule has 0 fully saturated rings. The second kappa shape index (κ2) is 5.12. The van der Waals surface area contributed by atoms with Crippen LogP contribution in [0.4, 0.5) is 5.00 Å². The highest BCUT2D eigenvalue weighted by molar-refractivity contribution is 7.14. The third-order valence-corrected chi connectivity index (χ3v) is 3.57. The molecule has 0 aliphatic carbocycles. The molecule has 1 N–H and O–H groups in total. The summed E-state index contributed by atoms with van der Waals surface area (Å²) in [7, 11) is 1.62. The summed E-state index contributed by atoms with van der Waals surface area (Å²) in [6.07, 6.45) is 0.308. The average Bonchev–Trinajstić information content (AvgIpc) is 2.63. The van der Waals surface area contributed by atoms with E-state index in [0.29, 0.717) is 6.42 Å². The van der Waals surface area contributed by atoms with Gasteiger partial charge in [-0.2, -0.15) is 0 Å². The first kappa shape index (κ1) is 12.7. The van der Waals surface area contributed by atoms with Crippen LogP contribution in [0.5, 0.6) is 0 Å². The largest absolute Gasteiger partial charge is 0.481 e. The fourth-order valence-electron chi connectivity index (χ4n) is 1.50. The van der Waals surface area contributed by atoms with E-state index in [2.05, 4.69) is 0 Å². The molecule has 1 amide bonds. The summed E-state index contributed by atoms with van der Waals surface area (Å²) < 4.78 is 0. The Morgan fingerprint density at radius 1 is 1.56 bits per heavy atom. The van der Waals surface area contributed by atoms with Crippen molar-refractivity contribution >= 4 is 28.2 Å². The van der Waals surface area contributed by atoms with Crippen molar-refractivity contribution in [3.63, 3.8) is 0 Å². The number of carbonyl (C=O) groups is 2. The van der Waals surface area contributed by atoms with Gasteiger partial charge in [-0.3, -0.25) is 9.59 Å². The van der Waals surface area contributed by atoms with Crippen LogP contribution in [-0.4, -0.2) is 24.0 Å². The summed E-state index contributed by atoms with van der Waals surface area (Å²) in [5.74, 6) is -2.37. The van der Waals surface area contributed by atoms with Crippen LogP contribution in [0.3, 0.4) is 0 Å². The van der Waals surface area contributed by atoms with Crippen molar-refractivity contribution in [2.45, 2.75) is 20.3 Å². The maximum Gasteiger partial charge on any atom is 0.316 e. The van der Waals surface area contributed by atoms with E-state index in [0.717, 1.165) is 10.6 Å². The molecule has 0 radical (unpaired) electrons. The van der Waals surface area contributed by atoms with Crippen LogP contribution in [0.25, 0.3) is 0 Å². The lowest BCUT2D eigenvalue weighted by Crippen LogP contribution is -2.36. The maximum atomic E-state index is 11.9. The first-order valence-electron chi connectivity index (χ1n) is 5.03. The standard InChI is InChI=1S/C11H15NO3S/c1-4-8(11(14)15)9(13)12(3)10-7(2)5-6-16-10/h5-6,8H,4H2,1-3H3,(H,14,15). The SMILES string of the molecule is CCC(C(=O)O)C(=O)N(C)c1sccc1C. The van der Waals surface area contributed by atoms with Gasteiger partial charge in [0.25, 0.3) is 0 Å². The number of aliphatic carboxylic acids is 1. The predicted molar refractivity (Wildman–Crippen MR) is 63.9 cm³/mol. The van der Waals surface area contributed by atoms with Gasteiger partial charge in [-0.1, -0.05) is 6.92 Å². The molecule has 5 heteroatoms. The first-order chi connectivity index (χ1) is 7.49. The molecule has 0 aliphatic heterocycles. The molecule has 88 valence electrons. The molecule has 0 saturated carbocycles. The zero-order valence-corrected chi connectivity index (χ0v) is 10.4. The van der Waals surface area contributed by atoms with Gasteiger partial charge in [0.1, 0.15) is 10.9 Å². The number of hydrogen-bond donors (Lipinski definition) is 1. The topological polar surface area (TPSA) is 57.6 Å². The van der Waals surface area contributed by atoms with Crippen LogP contribution in [0.15, 0.2) is 11.4 Å². The maximum absolute atomic E-state index is 11.9. The Morgan fingerprint density at radius 2 is 2.19 bits per heavy atom. The van der Waals surface area contributed by atoms with E-state index in [1.54, 1.807) is 14.0 Å². The lowest BCUT2D eigenvalue weighted by molar-refractivity contribution is -0.146. The van der Waals surface area contributed by atoms with Crippen molar-refractivity contribution in [1.29, 1.82) is 0 Å². The van der Waals surface area contributed by atoms with Crippen molar-refractivity contribution in [3.05, 3.63) is 17.0 Å². The number of nitrogens with zero attached hydrogens (tertiary/aromatic N) is 1. The minimum absolute atomic E-state index is 0.308. The van der Waals surface area contributed by atoms with Crippen LogP contribution >= 0.6 is 11.3 Å². The zero-order valence-electron chi connectivity index (χ0n) is 9.56. The Kier molecular flexibility index (Phi) is 4.06. The van der Waals surface area contributed by atoms with Crippen molar-refractivity contribution in [2.75, 3.05) is 11.9 Å². The van der Waals surface area contributed by atoms with E-state index in [4.69, 9.17) is 5.11 Å². The molecule has 0 saturated heterocycles. The van der Waals surface area contributed by atoms with Crippen LogP contribution in [0, 0.1) is 12.8 Å². The number of anilines is 1. The summed E-state index contributed by atoms with van der Waals surface area (Å²) in [5.41, 5.74) is 0.987. The first-order valence-corrected chi connectivity index (χ1v) is 5.91. The molecule has 4 nitrogen and oxygen atoms in total. The van der Waals surface area contributed by atoms with Gasteiger partial charge in [0, 0.05) is 7.05 Å². The summed E-state index contributed by atoms with van der Waals surface area (Å²) in [4.78, 5) is 24.2. The van der Waals surface area contributed by atoms with E-state index in [9.17, 15) is 9.59 Å². The van der Waals surface area contributed by atoms with Crippen molar-refractivity contribution in [2.24, 2.45) is 5.92 Å². The highest BCUT2D eigenvalue weighted by atomic mass is 32.1. The Hall–Kier alpha value is -1.36. The third kappa shape index (κ3) is 2.41. The van der Waals surface area contributed by atoms with Gasteiger partial charge >= 0.3 is 5.97 Å². The minimum Gasteiger partial charge on any atom is -0.481 e. The normalized spacial score (nSPS) is 12.2. The predicted octanol–water partition coefficient (Wildman–Crippen LogP) is 2.13. The lowest BCUT2D eigenvalue weighted by atomic mass is 10.1. The molecule has 0 aromatic carbocycles. The van der Waals surface area contributed by atoms with Crippen molar-refractivity contribution in [1.82, 2.24) is 0 Å². The Bertz CT molecular complexity index is 400. The lowest BCUT2D eigenvalue weighted by Gasteiger charge is -2.20. The molecule has 0 aliphatic rings. The monoisotopic (exact) mass is 241 g/mol. The molecule has 1 unspecified atom stereocenters. The summed E-state index contributed by atoms with van der Waals surface area (Å²) in [6, 6.07) is 1.91. The summed E-state index contributed by atoms with van der Waals surface area (Å²) in [6.45, 7) is 3.60. The van der Waals surface area contributed by atoms with Gasteiger partial charge < -0.3 is 10.0 Å². The third-order valence-electron chi connectivity index (χ3n) is 2.47. The molecular formula is C11H15NO3S.